The number of nitrogens with zero attached hydrogens (tertiary/aromatic N) is 1. The van der Waals surface area contributed by atoms with Crippen molar-refractivity contribution in [1.29, 1.82) is 0 Å². The Morgan fingerprint density at radius 3 is 2.80 bits per heavy atom. The van der Waals surface area contributed by atoms with E-state index in [0.29, 0.717) is 22.6 Å². The number of halogens is 2. The van der Waals surface area contributed by atoms with Gasteiger partial charge in [0, 0.05) is 17.7 Å². The molecule has 1 aromatic heterocycles. The van der Waals surface area contributed by atoms with E-state index in [9.17, 15) is 13.6 Å². The summed E-state index contributed by atoms with van der Waals surface area (Å²) in [4.78, 5) is 16.1. The third-order valence-corrected chi connectivity index (χ3v) is 3.61. The van der Waals surface area contributed by atoms with Gasteiger partial charge in [-0.1, -0.05) is 0 Å². The molecule has 1 amide bonds. The van der Waals surface area contributed by atoms with Crippen molar-refractivity contribution < 1.29 is 22.7 Å². The average Bonchev–Trinajstić information content (AvgIpc) is 3.16. The second kappa shape index (κ2) is 7.12. The smallest absolute Gasteiger partial charge is 0.251 e. The Bertz CT molecular complexity index is 895. The van der Waals surface area contributed by atoms with Crippen molar-refractivity contribution >= 4 is 5.91 Å². The van der Waals surface area contributed by atoms with Gasteiger partial charge in [0.05, 0.1) is 18.9 Å². The molecular weight excluding hydrogens is 330 g/mol. The minimum Gasteiger partial charge on any atom is -0.496 e. The number of amides is 1. The number of oxazole rings is 1. The summed E-state index contributed by atoms with van der Waals surface area (Å²) in [7, 11) is 1.47. The zero-order valence-corrected chi connectivity index (χ0v) is 13.3. The predicted molar refractivity (Wildman–Crippen MR) is 86.0 cm³/mol. The molecule has 0 saturated heterocycles. The quantitative estimate of drug-likeness (QED) is 0.769. The normalized spacial score (nSPS) is 10.5. The lowest BCUT2D eigenvalue weighted by Crippen LogP contribution is -2.23. The van der Waals surface area contributed by atoms with Crippen molar-refractivity contribution in [3.8, 4) is 17.1 Å². The molecule has 3 aromatic rings. The molecule has 1 heterocycles. The summed E-state index contributed by atoms with van der Waals surface area (Å²) in [5.74, 6) is -0.651. The summed E-state index contributed by atoms with van der Waals surface area (Å²) in [5.41, 5.74) is 1.03. The van der Waals surface area contributed by atoms with Crippen LogP contribution in [0.2, 0.25) is 0 Å². The van der Waals surface area contributed by atoms with Crippen LogP contribution in [0.5, 0.6) is 5.75 Å². The van der Waals surface area contributed by atoms with Crippen LogP contribution in [-0.2, 0) is 6.54 Å². The highest BCUT2D eigenvalue weighted by Gasteiger charge is 2.14. The van der Waals surface area contributed by atoms with E-state index in [1.807, 2.05) is 0 Å². The van der Waals surface area contributed by atoms with Crippen LogP contribution in [-0.4, -0.2) is 18.0 Å². The highest BCUT2D eigenvalue weighted by Crippen LogP contribution is 2.30. The molecule has 0 aliphatic rings. The number of aromatic nitrogens is 1. The van der Waals surface area contributed by atoms with Crippen molar-refractivity contribution in [2.24, 2.45) is 0 Å². The van der Waals surface area contributed by atoms with Gasteiger partial charge < -0.3 is 14.5 Å². The first-order valence-electron chi connectivity index (χ1n) is 7.37. The van der Waals surface area contributed by atoms with Crippen molar-refractivity contribution in [3.63, 3.8) is 0 Å². The third-order valence-electron chi connectivity index (χ3n) is 3.61. The van der Waals surface area contributed by atoms with Crippen LogP contribution in [0.15, 0.2) is 53.4 Å². The van der Waals surface area contributed by atoms with E-state index in [1.165, 1.54) is 25.8 Å². The summed E-state index contributed by atoms with van der Waals surface area (Å²) in [6, 6.07) is 7.87. The van der Waals surface area contributed by atoms with Gasteiger partial charge in [0.15, 0.2) is 12.2 Å². The number of benzene rings is 2. The SMILES string of the molecule is COc1cc(C(=O)NCc2cc(F)ccc2F)ccc1-c1cnco1. The van der Waals surface area contributed by atoms with Gasteiger partial charge in [-0.25, -0.2) is 13.8 Å². The second-order valence-electron chi connectivity index (χ2n) is 5.20. The minimum absolute atomic E-state index is 0.0681. The lowest BCUT2D eigenvalue weighted by molar-refractivity contribution is 0.0950. The molecule has 3 rings (SSSR count). The van der Waals surface area contributed by atoms with Gasteiger partial charge in [0.25, 0.3) is 5.91 Å². The van der Waals surface area contributed by atoms with Gasteiger partial charge in [0.2, 0.25) is 0 Å². The van der Waals surface area contributed by atoms with Crippen LogP contribution in [0.1, 0.15) is 15.9 Å². The molecule has 0 fully saturated rings. The van der Waals surface area contributed by atoms with E-state index in [2.05, 4.69) is 10.3 Å². The zero-order valence-electron chi connectivity index (χ0n) is 13.3. The first-order valence-corrected chi connectivity index (χ1v) is 7.37. The maximum Gasteiger partial charge on any atom is 0.251 e. The highest BCUT2D eigenvalue weighted by atomic mass is 19.1. The number of nitrogens with one attached hydrogen (secondary N) is 1. The Morgan fingerprint density at radius 1 is 1.24 bits per heavy atom. The van der Waals surface area contributed by atoms with Gasteiger partial charge in [-0.15, -0.1) is 0 Å². The zero-order chi connectivity index (χ0) is 17.8. The van der Waals surface area contributed by atoms with Crippen LogP contribution in [0.4, 0.5) is 8.78 Å². The number of hydrogen-bond acceptors (Lipinski definition) is 4. The van der Waals surface area contributed by atoms with Crippen molar-refractivity contribution in [3.05, 3.63) is 71.8 Å². The first kappa shape index (κ1) is 16.6. The van der Waals surface area contributed by atoms with Gasteiger partial charge >= 0.3 is 0 Å². The maximum atomic E-state index is 13.6. The fraction of sp³-hybridized carbons (Fsp3) is 0.111. The largest absolute Gasteiger partial charge is 0.496 e. The second-order valence-corrected chi connectivity index (χ2v) is 5.20. The van der Waals surface area contributed by atoms with Crippen LogP contribution in [0, 0.1) is 11.6 Å². The van der Waals surface area contributed by atoms with Crippen LogP contribution >= 0.6 is 0 Å². The van der Waals surface area contributed by atoms with Gasteiger partial charge in [-0.3, -0.25) is 4.79 Å². The number of carbonyl (C=O) groups is 1. The highest BCUT2D eigenvalue weighted by molar-refractivity contribution is 5.95. The Kier molecular flexibility index (Phi) is 4.74. The van der Waals surface area contributed by atoms with Gasteiger partial charge in [0.1, 0.15) is 17.4 Å². The minimum atomic E-state index is -0.583. The molecule has 128 valence electrons. The summed E-state index contributed by atoms with van der Waals surface area (Å²) >= 11 is 0. The Balaban J connectivity index is 1.77. The lowest BCUT2D eigenvalue weighted by atomic mass is 10.1. The molecule has 0 bridgehead atoms. The topological polar surface area (TPSA) is 64.4 Å². The number of ether oxygens (including phenoxy) is 1. The number of methoxy groups -OCH3 is 1. The van der Waals surface area contributed by atoms with E-state index in [-0.39, 0.29) is 12.1 Å². The Morgan fingerprint density at radius 2 is 2.08 bits per heavy atom. The van der Waals surface area contributed by atoms with E-state index < -0.39 is 17.5 Å². The molecule has 0 spiro atoms. The summed E-state index contributed by atoms with van der Waals surface area (Å²) < 4.78 is 37.3. The standard InChI is InChI=1S/C18H14F2N2O3/c1-24-16-7-11(2-4-14(16)17-9-21-10-25-17)18(23)22-8-12-6-13(19)3-5-15(12)20/h2-7,9-10H,8H2,1H3,(H,22,23). The molecular formula is C18H14F2N2O3. The molecule has 0 atom stereocenters. The number of carbonyl (C=O) groups excluding carboxylic acids is 1. The van der Waals surface area contributed by atoms with Crippen molar-refractivity contribution in [2.75, 3.05) is 7.11 Å². The molecule has 0 saturated carbocycles. The van der Waals surface area contributed by atoms with E-state index in [0.717, 1.165) is 18.2 Å². The fourth-order valence-corrected chi connectivity index (χ4v) is 2.34. The van der Waals surface area contributed by atoms with Crippen LogP contribution < -0.4 is 10.1 Å². The molecule has 2 aromatic carbocycles. The third kappa shape index (κ3) is 3.65. The van der Waals surface area contributed by atoms with Crippen LogP contribution in [0.3, 0.4) is 0 Å². The van der Waals surface area contributed by atoms with Crippen molar-refractivity contribution in [1.82, 2.24) is 10.3 Å². The van der Waals surface area contributed by atoms with Crippen molar-refractivity contribution in [2.45, 2.75) is 6.54 Å². The molecule has 5 nitrogen and oxygen atoms in total. The summed E-state index contributed by atoms with van der Waals surface area (Å²) in [6.45, 7) is -0.130. The van der Waals surface area contributed by atoms with Gasteiger partial charge in [-0.2, -0.15) is 0 Å². The van der Waals surface area contributed by atoms with E-state index in [4.69, 9.17) is 9.15 Å². The van der Waals surface area contributed by atoms with Crippen LogP contribution in [0.25, 0.3) is 11.3 Å². The summed E-state index contributed by atoms with van der Waals surface area (Å²) in [6.07, 6.45) is 2.83. The molecule has 25 heavy (non-hydrogen) atoms. The molecule has 0 aliphatic heterocycles. The number of rotatable bonds is 5. The first-order chi connectivity index (χ1) is 12.1. The average molecular weight is 344 g/mol. The Labute approximate surface area is 142 Å². The predicted octanol–water partition coefficient (Wildman–Crippen LogP) is 3.56. The molecule has 7 heteroatoms. The van der Waals surface area contributed by atoms with E-state index in [1.54, 1.807) is 12.1 Å². The molecule has 1 N–H and O–H groups in total. The lowest BCUT2D eigenvalue weighted by Gasteiger charge is -2.10. The van der Waals surface area contributed by atoms with E-state index >= 15 is 0 Å². The maximum absolute atomic E-state index is 13.6. The number of hydrogen-bond donors (Lipinski definition) is 1. The molecule has 0 unspecified atom stereocenters. The molecule has 0 aliphatic carbocycles. The summed E-state index contributed by atoms with van der Waals surface area (Å²) in [5, 5.41) is 2.55. The fourth-order valence-electron chi connectivity index (χ4n) is 2.34. The molecule has 0 radical (unpaired) electrons. The monoisotopic (exact) mass is 344 g/mol. The van der Waals surface area contributed by atoms with Gasteiger partial charge in [-0.05, 0) is 36.4 Å². The Hall–Kier alpha value is -3.22.